The number of aromatic nitrogens is 2. The van der Waals surface area contributed by atoms with E-state index in [1.807, 2.05) is 18.5 Å². The van der Waals surface area contributed by atoms with Crippen molar-refractivity contribution in [1.29, 1.82) is 0 Å². The van der Waals surface area contributed by atoms with Gasteiger partial charge >= 0.3 is 0 Å². The van der Waals surface area contributed by atoms with Gasteiger partial charge in [0.05, 0.1) is 11.2 Å². The van der Waals surface area contributed by atoms with Crippen LogP contribution in [0.1, 0.15) is 0 Å². The summed E-state index contributed by atoms with van der Waals surface area (Å²) in [7, 11) is 0. The van der Waals surface area contributed by atoms with E-state index in [0.29, 0.717) is 0 Å². The van der Waals surface area contributed by atoms with Crippen LogP contribution in [-0.4, -0.2) is 9.97 Å². The zero-order valence-electron chi connectivity index (χ0n) is 27.4. The number of nitrogens with zero attached hydrogens (tertiary/aromatic N) is 2. The van der Waals surface area contributed by atoms with E-state index < -0.39 is 0 Å². The number of benzene rings is 7. The third-order valence-corrected chi connectivity index (χ3v) is 9.60. The van der Waals surface area contributed by atoms with Crippen molar-refractivity contribution < 1.29 is 0 Å². The molecule has 0 unspecified atom stereocenters. The van der Waals surface area contributed by atoms with Gasteiger partial charge in [0.25, 0.3) is 0 Å². The number of hydrogen-bond acceptors (Lipinski definition) is 2. The Bertz CT molecular complexity index is 2580. The normalized spacial score (nSPS) is 11.2. The quantitative estimate of drug-likeness (QED) is 0.170. The highest BCUT2D eigenvalue weighted by molar-refractivity contribution is 6.16. The first-order valence-corrected chi connectivity index (χ1v) is 17.0. The molecule has 2 heteroatoms. The van der Waals surface area contributed by atoms with Gasteiger partial charge in [-0.15, -0.1) is 0 Å². The molecule has 0 amide bonds. The van der Waals surface area contributed by atoms with Gasteiger partial charge in [-0.1, -0.05) is 164 Å². The van der Waals surface area contributed by atoms with E-state index in [1.165, 1.54) is 38.8 Å². The monoisotopic (exact) mass is 636 g/mol. The van der Waals surface area contributed by atoms with Crippen LogP contribution in [0.2, 0.25) is 0 Å². The third-order valence-electron chi connectivity index (χ3n) is 9.60. The molecule has 0 spiro atoms. The smallest absolute Gasteiger partial charge is 0.0794 e. The number of fused-ring (bicyclic) bond motifs is 3. The Labute approximate surface area is 292 Å². The Morgan fingerprint density at radius 1 is 0.300 bits per heavy atom. The molecule has 9 rings (SSSR count). The van der Waals surface area contributed by atoms with Crippen molar-refractivity contribution in [3.63, 3.8) is 0 Å². The second-order valence-electron chi connectivity index (χ2n) is 12.6. The topological polar surface area (TPSA) is 25.8 Å². The van der Waals surface area contributed by atoms with Crippen LogP contribution in [0.5, 0.6) is 0 Å². The first-order chi connectivity index (χ1) is 24.8. The number of rotatable bonds is 6. The molecule has 7 aromatic carbocycles. The average Bonchev–Trinajstić information content (AvgIpc) is 3.21. The Kier molecular flexibility index (Phi) is 7.53. The fourth-order valence-corrected chi connectivity index (χ4v) is 6.99. The summed E-state index contributed by atoms with van der Waals surface area (Å²) in [5, 5.41) is 3.46. The fraction of sp³-hybridized carbons (Fsp3) is 0. The van der Waals surface area contributed by atoms with Crippen LogP contribution in [0.25, 0.3) is 88.6 Å². The summed E-state index contributed by atoms with van der Waals surface area (Å²) in [4.78, 5) is 9.74. The van der Waals surface area contributed by atoms with Crippen LogP contribution in [0.3, 0.4) is 0 Å². The Morgan fingerprint density at radius 3 is 1.30 bits per heavy atom. The van der Waals surface area contributed by atoms with Crippen LogP contribution in [0.4, 0.5) is 0 Å². The summed E-state index contributed by atoms with van der Waals surface area (Å²) in [6, 6.07) is 65.0. The molecule has 2 heterocycles. The number of pyridine rings is 2. The van der Waals surface area contributed by atoms with E-state index in [1.54, 1.807) is 0 Å². The van der Waals surface area contributed by atoms with Gasteiger partial charge in [0.2, 0.25) is 0 Å². The molecule has 0 saturated carbocycles. The summed E-state index contributed by atoms with van der Waals surface area (Å²) >= 11 is 0. The summed E-state index contributed by atoms with van der Waals surface area (Å²) in [6.07, 6.45) is 3.72. The van der Waals surface area contributed by atoms with Gasteiger partial charge in [-0.05, 0) is 79.2 Å². The molecular weight excluding hydrogens is 605 g/mol. The van der Waals surface area contributed by atoms with Crippen molar-refractivity contribution in [3.8, 4) is 66.9 Å². The molecule has 9 aromatic rings. The zero-order valence-corrected chi connectivity index (χ0v) is 27.4. The lowest BCUT2D eigenvalue weighted by molar-refractivity contribution is 1.33. The molecular formula is C48H32N2. The standard InChI is InChI=1S/C48H32N2/c1-3-10-33(11-4-1)35-17-23-38(24-18-35)44-30-46-45(39-25-19-37(20-26-39)41-14-9-29-49-32-41)31-47(50-48(46)43-16-8-7-15-42(43)44)40-27-21-36(22-28-40)34-12-5-2-6-13-34/h1-32H. The average molecular weight is 637 g/mol. The molecule has 0 N–H and O–H groups in total. The highest BCUT2D eigenvalue weighted by Gasteiger charge is 2.16. The summed E-state index contributed by atoms with van der Waals surface area (Å²) < 4.78 is 0. The Hall–Kier alpha value is -6.64. The van der Waals surface area contributed by atoms with Gasteiger partial charge in [0.1, 0.15) is 0 Å². The molecule has 0 fully saturated rings. The minimum Gasteiger partial charge on any atom is -0.264 e. The van der Waals surface area contributed by atoms with Crippen molar-refractivity contribution >= 4 is 21.7 Å². The Balaban J connectivity index is 1.24. The van der Waals surface area contributed by atoms with E-state index >= 15 is 0 Å². The SMILES string of the molecule is c1ccc(-c2ccc(-c3cc(-c4ccc(-c5cccnc5)cc4)c4cc(-c5ccc(-c6ccccc6)cc5)c5ccccc5c4n3)cc2)cc1. The third kappa shape index (κ3) is 5.53. The maximum atomic E-state index is 5.41. The lowest BCUT2D eigenvalue weighted by atomic mass is 9.90. The van der Waals surface area contributed by atoms with Crippen LogP contribution in [0.15, 0.2) is 194 Å². The minimum absolute atomic E-state index is 0.952. The van der Waals surface area contributed by atoms with Gasteiger partial charge in [-0.25, -0.2) is 4.98 Å². The van der Waals surface area contributed by atoms with Crippen LogP contribution in [0, 0.1) is 0 Å². The maximum absolute atomic E-state index is 5.41. The zero-order chi connectivity index (χ0) is 33.3. The summed E-state index contributed by atoms with van der Waals surface area (Å²) in [5.74, 6) is 0. The van der Waals surface area contributed by atoms with E-state index in [4.69, 9.17) is 4.98 Å². The van der Waals surface area contributed by atoms with Crippen LogP contribution in [-0.2, 0) is 0 Å². The first kappa shape index (κ1) is 29.5. The molecule has 2 aromatic heterocycles. The molecule has 0 aliphatic heterocycles. The van der Waals surface area contributed by atoms with Crippen molar-refractivity contribution in [2.45, 2.75) is 0 Å². The maximum Gasteiger partial charge on any atom is 0.0794 e. The highest BCUT2D eigenvalue weighted by atomic mass is 14.7. The molecule has 0 atom stereocenters. The Morgan fingerprint density at radius 2 is 0.740 bits per heavy atom. The van der Waals surface area contributed by atoms with Crippen LogP contribution < -0.4 is 0 Å². The highest BCUT2D eigenvalue weighted by Crippen LogP contribution is 2.41. The van der Waals surface area contributed by atoms with Gasteiger partial charge in [0.15, 0.2) is 0 Å². The molecule has 0 bridgehead atoms. The van der Waals surface area contributed by atoms with Crippen molar-refractivity contribution in [2.75, 3.05) is 0 Å². The van der Waals surface area contributed by atoms with E-state index in [0.717, 1.165) is 49.8 Å². The van der Waals surface area contributed by atoms with Gasteiger partial charge in [-0.3, -0.25) is 4.98 Å². The summed E-state index contributed by atoms with van der Waals surface area (Å²) in [5.41, 5.74) is 14.8. The largest absolute Gasteiger partial charge is 0.264 e. The van der Waals surface area contributed by atoms with Gasteiger partial charge in [0, 0.05) is 28.7 Å². The predicted molar refractivity (Wildman–Crippen MR) is 210 cm³/mol. The summed E-state index contributed by atoms with van der Waals surface area (Å²) in [6.45, 7) is 0. The second kappa shape index (κ2) is 12.8. The molecule has 2 nitrogen and oxygen atoms in total. The minimum atomic E-state index is 0.952. The van der Waals surface area contributed by atoms with E-state index in [9.17, 15) is 0 Å². The molecule has 0 aliphatic carbocycles. The lowest BCUT2D eigenvalue weighted by Gasteiger charge is -2.16. The lowest BCUT2D eigenvalue weighted by Crippen LogP contribution is -1.93. The van der Waals surface area contributed by atoms with E-state index in [-0.39, 0.29) is 0 Å². The van der Waals surface area contributed by atoms with Gasteiger partial charge < -0.3 is 0 Å². The molecule has 0 saturated heterocycles. The molecule has 0 radical (unpaired) electrons. The van der Waals surface area contributed by atoms with Gasteiger partial charge in [-0.2, -0.15) is 0 Å². The van der Waals surface area contributed by atoms with Crippen molar-refractivity contribution in [1.82, 2.24) is 9.97 Å². The van der Waals surface area contributed by atoms with Crippen LogP contribution >= 0.6 is 0 Å². The molecule has 50 heavy (non-hydrogen) atoms. The first-order valence-electron chi connectivity index (χ1n) is 17.0. The van der Waals surface area contributed by atoms with Crippen molar-refractivity contribution in [2.24, 2.45) is 0 Å². The second-order valence-corrected chi connectivity index (χ2v) is 12.6. The molecule has 234 valence electrons. The van der Waals surface area contributed by atoms with E-state index in [2.05, 4.69) is 181 Å². The fourth-order valence-electron chi connectivity index (χ4n) is 6.99. The predicted octanol–water partition coefficient (Wildman–Crippen LogP) is 12.8. The van der Waals surface area contributed by atoms with Crippen molar-refractivity contribution in [3.05, 3.63) is 194 Å². The molecule has 0 aliphatic rings. The number of hydrogen-bond donors (Lipinski definition) is 0.